The van der Waals surface area contributed by atoms with E-state index in [-0.39, 0.29) is 24.0 Å². The topological polar surface area (TPSA) is 117 Å². The summed E-state index contributed by atoms with van der Waals surface area (Å²) in [5, 5.41) is 13.3. The zero-order valence-corrected chi connectivity index (χ0v) is 13.4. The van der Waals surface area contributed by atoms with Gasteiger partial charge in [-0.1, -0.05) is 0 Å². The molecule has 140 valence electrons. The Morgan fingerprint density at radius 3 is 2.52 bits per heavy atom. The van der Waals surface area contributed by atoms with Crippen molar-refractivity contribution >= 4 is 23.3 Å². The minimum absolute atomic E-state index is 0.0518. The normalized spacial score (nSPS) is 11.8. The van der Waals surface area contributed by atoms with E-state index >= 15 is 0 Å². The Bertz CT molecular complexity index is 949. The van der Waals surface area contributed by atoms with E-state index in [1.165, 1.54) is 0 Å². The van der Waals surface area contributed by atoms with Crippen LogP contribution in [0.1, 0.15) is 10.4 Å². The number of nitro benzene ring substituents is 1. The number of nitrogens with one attached hydrogen (secondary N) is 1. The Kier molecular flexibility index (Phi) is 4.83. The molecule has 0 fully saturated rings. The summed E-state index contributed by atoms with van der Waals surface area (Å²) in [6, 6.07) is 4.77. The number of halogens is 2. The average molecular weight is 380 g/mol. The molecule has 0 saturated heterocycles. The lowest BCUT2D eigenvalue weighted by Crippen LogP contribution is -2.21. The van der Waals surface area contributed by atoms with Crippen LogP contribution >= 0.6 is 0 Å². The summed E-state index contributed by atoms with van der Waals surface area (Å²) in [6.45, 7) is -0.953. The highest BCUT2D eigenvalue weighted by atomic mass is 19.2. The van der Waals surface area contributed by atoms with Crippen molar-refractivity contribution in [1.82, 2.24) is 0 Å². The summed E-state index contributed by atoms with van der Waals surface area (Å²) in [5.74, 6) is -4.01. The second-order valence-electron chi connectivity index (χ2n) is 5.23. The maximum atomic E-state index is 13.1. The Morgan fingerprint density at radius 2 is 1.85 bits per heavy atom. The first-order valence-electron chi connectivity index (χ1n) is 7.35. The molecule has 2 aromatic carbocycles. The Hall–Kier alpha value is -3.76. The zero-order valence-electron chi connectivity index (χ0n) is 13.4. The molecule has 0 saturated carbocycles. The van der Waals surface area contributed by atoms with Gasteiger partial charge in [-0.3, -0.25) is 14.9 Å². The Balaban J connectivity index is 1.67. The van der Waals surface area contributed by atoms with E-state index in [1.807, 2.05) is 0 Å². The second kappa shape index (κ2) is 7.23. The van der Waals surface area contributed by atoms with Gasteiger partial charge in [0.15, 0.2) is 29.7 Å². The molecule has 1 heterocycles. The number of nitro groups is 1. The molecule has 0 radical (unpaired) electrons. The molecule has 0 atom stereocenters. The van der Waals surface area contributed by atoms with E-state index in [4.69, 9.17) is 14.2 Å². The number of esters is 1. The number of nitrogens with zero attached hydrogens (tertiary/aromatic N) is 1. The lowest BCUT2D eigenvalue weighted by atomic mass is 10.1. The molecule has 1 aliphatic rings. The first-order valence-corrected chi connectivity index (χ1v) is 7.35. The number of hydrogen-bond acceptors (Lipinski definition) is 7. The lowest BCUT2D eigenvalue weighted by molar-refractivity contribution is -0.385. The summed E-state index contributed by atoms with van der Waals surface area (Å²) < 4.78 is 40.7. The molecular weight excluding hydrogens is 370 g/mol. The number of hydrogen-bond donors (Lipinski definition) is 1. The van der Waals surface area contributed by atoms with Gasteiger partial charge < -0.3 is 19.5 Å². The third kappa shape index (κ3) is 3.92. The predicted molar refractivity (Wildman–Crippen MR) is 84.5 cm³/mol. The highest BCUT2D eigenvalue weighted by Crippen LogP contribution is 2.38. The molecule has 0 bridgehead atoms. The van der Waals surface area contributed by atoms with E-state index in [0.717, 1.165) is 30.3 Å². The van der Waals surface area contributed by atoms with Crippen molar-refractivity contribution in [3.05, 3.63) is 57.6 Å². The maximum absolute atomic E-state index is 13.1. The number of anilines is 1. The van der Waals surface area contributed by atoms with Crippen LogP contribution < -0.4 is 14.8 Å². The highest BCUT2D eigenvalue weighted by Gasteiger charge is 2.28. The Labute approximate surface area is 149 Å². The number of carbonyl (C=O) groups is 2. The minimum Gasteiger partial charge on any atom is -0.454 e. The molecule has 0 spiro atoms. The molecule has 3 rings (SSSR count). The van der Waals surface area contributed by atoms with E-state index in [9.17, 15) is 28.5 Å². The van der Waals surface area contributed by atoms with Gasteiger partial charge in [0.05, 0.1) is 11.0 Å². The number of rotatable bonds is 5. The Morgan fingerprint density at radius 1 is 1.15 bits per heavy atom. The van der Waals surface area contributed by atoms with Gasteiger partial charge in [0.2, 0.25) is 6.79 Å². The minimum atomic E-state index is -1.17. The van der Waals surface area contributed by atoms with E-state index < -0.39 is 46.3 Å². The van der Waals surface area contributed by atoms with Gasteiger partial charge in [-0.2, -0.15) is 0 Å². The van der Waals surface area contributed by atoms with E-state index in [1.54, 1.807) is 0 Å². The van der Waals surface area contributed by atoms with Gasteiger partial charge in [0.1, 0.15) is 5.56 Å². The van der Waals surface area contributed by atoms with Crippen molar-refractivity contribution in [3.63, 3.8) is 0 Å². The van der Waals surface area contributed by atoms with Crippen LogP contribution in [0.25, 0.3) is 0 Å². The van der Waals surface area contributed by atoms with Crippen LogP contribution in [-0.4, -0.2) is 30.2 Å². The first kappa shape index (κ1) is 18.0. The number of carbonyl (C=O) groups excluding carboxylic acids is 2. The van der Waals surface area contributed by atoms with Crippen LogP contribution in [0.2, 0.25) is 0 Å². The summed E-state index contributed by atoms with van der Waals surface area (Å²) in [7, 11) is 0. The van der Waals surface area contributed by atoms with E-state index in [2.05, 4.69) is 5.32 Å². The van der Waals surface area contributed by atoms with Crippen LogP contribution in [0.3, 0.4) is 0 Å². The first-order chi connectivity index (χ1) is 12.8. The zero-order chi connectivity index (χ0) is 19.6. The third-order valence-corrected chi connectivity index (χ3v) is 3.45. The third-order valence-electron chi connectivity index (χ3n) is 3.45. The standard InChI is InChI=1S/C16H10F2N2O7/c17-10-2-1-8(3-11(10)18)19-15(21)6-25-16(22)9-4-13-14(27-7-26-13)5-12(9)20(23)24/h1-5H,6-7H2,(H,19,21). The maximum Gasteiger partial charge on any atom is 0.345 e. The SMILES string of the molecule is O=C(COC(=O)c1cc2c(cc1[N+](=O)[O-])OCO2)Nc1ccc(F)c(F)c1. The number of fused-ring (bicyclic) bond motifs is 1. The van der Waals surface area contributed by atoms with Gasteiger partial charge >= 0.3 is 5.97 Å². The molecule has 11 heteroatoms. The lowest BCUT2D eigenvalue weighted by Gasteiger charge is -2.08. The van der Waals surface area contributed by atoms with E-state index in [0.29, 0.717) is 0 Å². The van der Waals surface area contributed by atoms with Crippen LogP contribution in [0.5, 0.6) is 11.5 Å². The smallest absolute Gasteiger partial charge is 0.345 e. The quantitative estimate of drug-likeness (QED) is 0.481. The van der Waals surface area contributed by atoms with Gasteiger partial charge in [-0.05, 0) is 12.1 Å². The van der Waals surface area contributed by atoms with Crippen molar-refractivity contribution in [3.8, 4) is 11.5 Å². The largest absolute Gasteiger partial charge is 0.454 e. The summed E-state index contributed by atoms with van der Waals surface area (Å²) >= 11 is 0. The van der Waals surface area contributed by atoms with Crippen LogP contribution in [-0.2, 0) is 9.53 Å². The molecule has 1 aliphatic heterocycles. The monoisotopic (exact) mass is 380 g/mol. The molecule has 9 nitrogen and oxygen atoms in total. The number of ether oxygens (including phenoxy) is 3. The average Bonchev–Trinajstić information content (AvgIpc) is 3.09. The molecular formula is C16H10F2N2O7. The summed E-state index contributed by atoms with van der Waals surface area (Å²) in [6.07, 6.45) is 0. The van der Waals surface area contributed by atoms with Crippen LogP contribution in [0, 0.1) is 21.7 Å². The highest BCUT2D eigenvalue weighted by molar-refractivity contribution is 5.98. The molecule has 2 aromatic rings. The predicted octanol–water partition coefficient (Wildman–Crippen LogP) is 2.40. The fraction of sp³-hybridized carbons (Fsp3) is 0.125. The van der Waals surface area contributed by atoms with Crippen molar-refractivity contribution in [2.75, 3.05) is 18.7 Å². The van der Waals surface area contributed by atoms with Gasteiger partial charge in [0.25, 0.3) is 11.6 Å². The fourth-order valence-corrected chi connectivity index (χ4v) is 2.23. The van der Waals surface area contributed by atoms with Crippen molar-refractivity contribution < 1.29 is 37.5 Å². The molecule has 0 unspecified atom stereocenters. The molecule has 0 aromatic heterocycles. The van der Waals surface area contributed by atoms with Crippen LogP contribution in [0.4, 0.5) is 20.2 Å². The molecule has 1 amide bonds. The molecule has 0 aliphatic carbocycles. The van der Waals surface area contributed by atoms with Gasteiger partial charge in [0, 0.05) is 17.8 Å². The van der Waals surface area contributed by atoms with Gasteiger partial charge in [-0.15, -0.1) is 0 Å². The van der Waals surface area contributed by atoms with Crippen molar-refractivity contribution in [1.29, 1.82) is 0 Å². The summed E-state index contributed by atoms with van der Waals surface area (Å²) in [5.41, 5.74) is -1.06. The number of benzene rings is 2. The molecule has 1 N–H and O–H groups in total. The van der Waals surface area contributed by atoms with Gasteiger partial charge in [-0.25, -0.2) is 13.6 Å². The second-order valence-corrected chi connectivity index (χ2v) is 5.23. The number of amides is 1. The fourth-order valence-electron chi connectivity index (χ4n) is 2.23. The summed E-state index contributed by atoms with van der Waals surface area (Å²) in [4.78, 5) is 34.2. The molecule has 27 heavy (non-hydrogen) atoms. The van der Waals surface area contributed by atoms with Crippen LogP contribution in [0.15, 0.2) is 30.3 Å². The van der Waals surface area contributed by atoms with Crippen molar-refractivity contribution in [2.24, 2.45) is 0 Å². The van der Waals surface area contributed by atoms with Crippen molar-refractivity contribution in [2.45, 2.75) is 0 Å².